The van der Waals surface area contributed by atoms with Gasteiger partial charge in [-0.15, -0.1) is 0 Å². The first-order chi connectivity index (χ1) is 9.70. The molecule has 5 heteroatoms. The number of nitrogens with zero attached hydrogens (tertiary/aromatic N) is 1. The van der Waals surface area contributed by atoms with Crippen molar-refractivity contribution in [2.24, 2.45) is 5.92 Å². The number of carbonyl (C=O) groups excluding carboxylic acids is 1. The van der Waals surface area contributed by atoms with Crippen molar-refractivity contribution in [2.75, 3.05) is 13.2 Å². The molecule has 1 aromatic heterocycles. The highest BCUT2D eigenvalue weighted by atomic mass is 16.5. The minimum Gasteiger partial charge on any atom is -0.449 e. The van der Waals surface area contributed by atoms with E-state index in [1.165, 1.54) is 0 Å². The van der Waals surface area contributed by atoms with Crippen molar-refractivity contribution in [3.05, 3.63) is 17.3 Å². The summed E-state index contributed by atoms with van der Waals surface area (Å²) in [4.78, 5) is 15.9. The molecule has 0 aliphatic heterocycles. The highest BCUT2D eigenvalue weighted by molar-refractivity contribution is 5.66. The molecule has 0 radical (unpaired) electrons. The minimum atomic E-state index is -0.353. The molecule has 0 aliphatic carbocycles. The standard InChI is InChI=1S/C16H28N2O3/c1-11(2)10-20-15(19)17-9-7-8-13-12(3)18-14(21-13)16(4,5)6/h11H,7-10H2,1-6H3,(H,17,19). The van der Waals surface area contributed by atoms with Crippen LogP contribution in [0.15, 0.2) is 4.42 Å². The Balaban J connectivity index is 2.33. The third-order valence-corrected chi connectivity index (χ3v) is 2.93. The summed E-state index contributed by atoms with van der Waals surface area (Å²) in [7, 11) is 0. The second-order valence-corrected chi connectivity index (χ2v) is 6.80. The van der Waals surface area contributed by atoms with Crippen molar-refractivity contribution in [2.45, 2.75) is 59.8 Å². The number of aryl methyl sites for hydroxylation is 2. The number of alkyl carbamates (subject to hydrolysis) is 1. The van der Waals surface area contributed by atoms with Gasteiger partial charge in [-0.05, 0) is 19.3 Å². The van der Waals surface area contributed by atoms with Gasteiger partial charge < -0.3 is 14.5 Å². The Kier molecular flexibility index (Phi) is 6.24. The van der Waals surface area contributed by atoms with Crippen LogP contribution in [0.3, 0.4) is 0 Å². The van der Waals surface area contributed by atoms with Crippen LogP contribution in [-0.4, -0.2) is 24.2 Å². The summed E-state index contributed by atoms with van der Waals surface area (Å²) >= 11 is 0. The average Bonchev–Trinajstić information content (AvgIpc) is 2.73. The smallest absolute Gasteiger partial charge is 0.407 e. The maximum Gasteiger partial charge on any atom is 0.407 e. The Bertz CT molecular complexity index is 459. The molecule has 5 nitrogen and oxygen atoms in total. The fraction of sp³-hybridized carbons (Fsp3) is 0.750. The van der Waals surface area contributed by atoms with Crippen LogP contribution >= 0.6 is 0 Å². The van der Waals surface area contributed by atoms with Crippen LogP contribution in [-0.2, 0) is 16.6 Å². The summed E-state index contributed by atoms with van der Waals surface area (Å²) in [6.45, 7) is 13.2. The molecule has 0 unspecified atom stereocenters. The van der Waals surface area contributed by atoms with Crippen molar-refractivity contribution >= 4 is 6.09 Å². The average molecular weight is 296 g/mol. The molecule has 1 aromatic rings. The van der Waals surface area contributed by atoms with Crippen LogP contribution in [0.25, 0.3) is 0 Å². The number of carbonyl (C=O) groups is 1. The number of rotatable bonds is 6. The lowest BCUT2D eigenvalue weighted by Crippen LogP contribution is -2.26. The minimum absolute atomic E-state index is 0.0814. The highest BCUT2D eigenvalue weighted by Crippen LogP contribution is 2.24. The van der Waals surface area contributed by atoms with Crippen molar-refractivity contribution in [1.82, 2.24) is 10.3 Å². The molecule has 120 valence electrons. The number of ether oxygens (including phenoxy) is 1. The second kappa shape index (κ2) is 7.48. The molecule has 0 saturated carbocycles. The lowest BCUT2D eigenvalue weighted by Gasteiger charge is -2.12. The molecule has 0 aromatic carbocycles. The maximum absolute atomic E-state index is 11.4. The zero-order valence-corrected chi connectivity index (χ0v) is 14.1. The van der Waals surface area contributed by atoms with E-state index in [0.29, 0.717) is 19.1 Å². The van der Waals surface area contributed by atoms with Crippen molar-refractivity contribution in [1.29, 1.82) is 0 Å². The van der Waals surface area contributed by atoms with E-state index >= 15 is 0 Å². The zero-order valence-electron chi connectivity index (χ0n) is 14.1. The van der Waals surface area contributed by atoms with Gasteiger partial charge in [0.25, 0.3) is 0 Å². The maximum atomic E-state index is 11.4. The Morgan fingerprint density at radius 3 is 2.57 bits per heavy atom. The van der Waals surface area contributed by atoms with E-state index in [1.807, 2.05) is 20.8 Å². The van der Waals surface area contributed by atoms with E-state index in [-0.39, 0.29) is 11.5 Å². The van der Waals surface area contributed by atoms with Gasteiger partial charge in [0.15, 0.2) is 5.89 Å². The Morgan fingerprint density at radius 2 is 2.05 bits per heavy atom. The number of hydrogen-bond acceptors (Lipinski definition) is 4. The van der Waals surface area contributed by atoms with Gasteiger partial charge in [0.1, 0.15) is 5.76 Å². The fourth-order valence-electron chi connectivity index (χ4n) is 1.71. The Hall–Kier alpha value is -1.52. The van der Waals surface area contributed by atoms with Gasteiger partial charge in [-0.2, -0.15) is 0 Å². The molecular formula is C16H28N2O3. The molecule has 21 heavy (non-hydrogen) atoms. The van der Waals surface area contributed by atoms with Crippen molar-refractivity contribution in [3.63, 3.8) is 0 Å². The monoisotopic (exact) mass is 296 g/mol. The molecule has 1 rings (SSSR count). The van der Waals surface area contributed by atoms with Gasteiger partial charge in [0.2, 0.25) is 0 Å². The molecule has 1 heterocycles. The summed E-state index contributed by atoms with van der Waals surface area (Å²) in [6, 6.07) is 0. The fourth-order valence-corrected chi connectivity index (χ4v) is 1.71. The highest BCUT2D eigenvalue weighted by Gasteiger charge is 2.21. The first-order valence-corrected chi connectivity index (χ1v) is 7.57. The van der Waals surface area contributed by atoms with Crippen LogP contribution in [0.1, 0.15) is 58.4 Å². The summed E-state index contributed by atoms with van der Waals surface area (Å²) < 4.78 is 10.9. The predicted molar refractivity (Wildman–Crippen MR) is 82.4 cm³/mol. The van der Waals surface area contributed by atoms with Crippen LogP contribution in [0, 0.1) is 12.8 Å². The van der Waals surface area contributed by atoms with E-state index in [9.17, 15) is 4.79 Å². The molecule has 0 spiro atoms. The number of hydrogen-bond donors (Lipinski definition) is 1. The molecular weight excluding hydrogens is 268 g/mol. The van der Waals surface area contributed by atoms with Gasteiger partial charge in [0.05, 0.1) is 12.3 Å². The summed E-state index contributed by atoms with van der Waals surface area (Å²) in [5, 5.41) is 2.74. The molecule has 1 amide bonds. The topological polar surface area (TPSA) is 64.4 Å². The summed E-state index contributed by atoms with van der Waals surface area (Å²) in [5.74, 6) is 2.01. The van der Waals surface area contributed by atoms with Gasteiger partial charge in [-0.1, -0.05) is 34.6 Å². The third-order valence-electron chi connectivity index (χ3n) is 2.93. The number of aromatic nitrogens is 1. The van der Waals surface area contributed by atoms with E-state index < -0.39 is 0 Å². The quantitative estimate of drug-likeness (QED) is 0.815. The summed E-state index contributed by atoms with van der Waals surface area (Å²) in [5.41, 5.74) is 0.851. The number of oxazole rings is 1. The Labute approximate surface area is 127 Å². The summed E-state index contributed by atoms with van der Waals surface area (Å²) in [6.07, 6.45) is 1.21. The van der Waals surface area contributed by atoms with Gasteiger partial charge in [-0.25, -0.2) is 9.78 Å². The first kappa shape index (κ1) is 17.5. The SMILES string of the molecule is Cc1nc(C(C)(C)C)oc1CCCNC(=O)OCC(C)C. The van der Waals surface area contributed by atoms with Crippen molar-refractivity contribution in [3.8, 4) is 0 Å². The lowest BCUT2D eigenvalue weighted by molar-refractivity contribution is 0.133. The molecule has 0 atom stereocenters. The molecule has 0 fully saturated rings. The molecule has 1 N–H and O–H groups in total. The zero-order chi connectivity index (χ0) is 16.0. The van der Waals surface area contributed by atoms with Crippen molar-refractivity contribution < 1.29 is 13.9 Å². The van der Waals surface area contributed by atoms with E-state index in [0.717, 1.165) is 30.2 Å². The van der Waals surface area contributed by atoms with Gasteiger partial charge in [-0.3, -0.25) is 0 Å². The van der Waals surface area contributed by atoms with Crippen LogP contribution in [0.2, 0.25) is 0 Å². The molecule has 0 bridgehead atoms. The second-order valence-electron chi connectivity index (χ2n) is 6.80. The normalized spacial score (nSPS) is 11.8. The van der Waals surface area contributed by atoms with Crippen LogP contribution < -0.4 is 5.32 Å². The van der Waals surface area contributed by atoms with E-state index in [2.05, 4.69) is 31.1 Å². The van der Waals surface area contributed by atoms with E-state index in [1.54, 1.807) is 0 Å². The third kappa shape index (κ3) is 6.19. The number of nitrogens with one attached hydrogen (secondary N) is 1. The van der Waals surface area contributed by atoms with Crippen LogP contribution in [0.4, 0.5) is 4.79 Å². The molecule has 0 saturated heterocycles. The molecule has 0 aliphatic rings. The Morgan fingerprint density at radius 1 is 1.38 bits per heavy atom. The van der Waals surface area contributed by atoms with Gasteiger partial charge >= 0.3 is 6.09 Å². The predicted octanol–water partition coefficient (Wildman–Crippen LogP) is 3.60. The number of amides is 1. The largest absolute Gasteiger partial charge is 0.449 e. The van der Waals surface area contributed by atoms with Crippen LogP contribution in [0.5, 0.6) is 0 Å². The van der Waals surface area contributed by atoms with Gasteiger partial charge in [0, 0.05) is 18.4 Å². The first-order valence-electron chi connectivity index (χ1n) is 7.57. The lowest BCUT2D eigenvalue weighted by atomic mass is 9.97. The van der Waals surface area contributed by atoms with E-state index in [4.69, 9.17) is 9.15 Å².